The summed E-state index contributed by atoms with van der Waals surface area (Å²) in [5, 5.41) is 7.99. The molecular formula is C19H29N3O4. The molecule has 0 aromatic heterocycles. The number of rotatable bonds is 5. The zero-order valence-corrected chi connectivity index (χ0v) is 16.4. The molecule has 3 N–H and O–H groups in total. The highest BCUT2D eigenvalue weighted by molar-refractivity contribution is 5.94. The molecule has 0 atom stereocenters. The highest BCUT2D eigenvalue weighted by Crippen LogP contribution is 2.17. The maximum absolute atomic E-state index is 12.1. The van der Waals surface area contributed by atoms with Crippen LogP contribution in [0.2, 0.25) is 0 Å². The molecule has 26 heavy (non-hydrogen) atoms. The molecule has 0 bridgehead atoms. The number of carbonyl (C=O) groups is 3. The maximum Gasteiger partial charge on any atom is 0.408 e. The average Bonchev–Trinajstić information content (AvgIpc) is 2.49. The number of para-hydroxylation sites is 1. The molecule has 0 saturated carbocycles. The SMILES string of the molecule is CC(C)(C)OC(=O)NCC(=O)Nc1ccccc1CNC(=O)C(C)(C)C. The van der Waals surface area contributed by atoms with Crippen LogP contribution in [0.15, 0.2) is 24.3 Å². The van der Waals surface area contributed by atoms with Crippen LogP contribution in [0, 0.1) is 5.41 Å². The minimum Gasteiger partial charge on any atom is -0.444 e. The van der Waals surface area contributed by atoms with E-state index in [9.17, 15) is 14.4 Å². The van der Waals surface area contributed by atoms with E-state index in [1.54, 1.807) is 32.9 Å². The first-order chi connectivity index (χ1) is 11.9. The van der Waals surface area contributed by atoms with E-state index in [1.165, 1.54) is 0 Å². The van der Waals surface area contributed by atoms with Gasteiger partial charge in [-0.2, -0.15) is 0 Å². The Morgan fingerprint density at radius 2 is 1.58 bits per heavy atom. The number of amides is 3. The maximum atomic E-state index is 12.1. The Kier molecular flexibility index (Phi) is 7.18. The molecule has 7 nitrogen and oxygen atoms in total. The predicted octanol–water partition coefficient (Wildman–Crippen LogP) is 2.81. The van der Waals surface area contributed by atoms with Crippen molar-refractivity contribution in [2.45, 2.75) is 53.7 Å². The molecule has 144 valence electrons. The zero-order valence-electron chi connectivity index (χ0n) is 16.4. The van der Waals surface area contributed by atoms with Crippen molar-refractivity contribution in [3.05, 3.63) is 29.8 Å². The van der Waals surface area contributed by atoms with Gasteiger partial charge in [-0.3, -0.25) is 9.59 Å². The number of hydrogen-bond donors (Lipinski definition) is 3. The van der Waals surface area contributed by atoms with Crippen molar-refractivity contribution in [3.63, 3.8) is 0 Å². The standard InChI is InChI=1S/C19H29N3O4/c1-18(2,3)16(24)20-11-13-9-7-8-10-14(13)22-15(23)12-21-17(25)26-19(4,5)6/h7-10H,11-12H2,1-6H3,(H,20,24)(H,21,25)(H,22,23). The molecule has 1 aromatic carbocycles. The number of carbonyl (C=O) groups excluding carboxylic acids is 3. The van der Waals surface area contributed by atoms with E-state index in [2.05, 4.69) is 16.0 Å². The van der Waals surface area contributed by atoms with E-state index < -0.39 is 17.1 Å². The minimum absolute atomic E-state index is 0.0785. The summed E-state index contributed by atoms with van der Waals surface area (Å²) < 4.78 is 5.08. The van der Waals surface area contributed by atoms with Crippen molar-refractivity contribution < 1.29 is 19.1 Å². The fourth-order valence-electron chi connectivity index (χ4n) is 1.90. The van der Waals surface area contributed by atoms with Crippen LogP contribution in [0.25, 0.3) is 0 Å². The summed E-state index contributed by atoms with van der Waals surface area (Å²) in [6, 6.07) is 7.17. The molecule has 1 aromatic rings. The van der Waals surface area contributed by atoms with Gasteiger partial charge in [0, 0.05) is 17.6 Å². The summed E-state index contributed by atoms with van der Waals surface area (Å²) in [6.45, 7) is 10.8. The fourth-order valence-corrected chi connectivity index (χ4v) is 1.90. The van der Waals surface area contributed by atoms with Gasteiger partial charge in [0.25, 0.3) is 0 Å². The van der Waals surface area contributed by atoms with E-state index in [0.29, 0.717) is 12.2 Å². The van der Waals surface area contributed by atoms with Gasteiger partial charge in [-0.05, 0) is 32.4 Å². The first kappa shape index (κ1) is 21.5. The number of anilines is 1. The summed E-state index contributed by atoms with van der Waals surface area (Å²) in [4.78, 5) is 35.7. The summed E-state index contributed by atoms with van der Waals surface area (Å²) in [7, 11) is 0. The lowest BCUT2D eigenvalue weighted by atomic mass is 9.95. The van der Waals surface area contributed by atoms with Gasteiger partial charge in [0.2, 0.25) is 11.8 Å². The lowest BCUT2D eigenvalue weighted by Crippen LogP contribution is -2.37. The van der Waals surface area contributed by atoms with Crippen LogP contribution >= 0.6 is 0 Å². The van der Waals surface area contributed by atoms with Gasteiger partial charge in [-0.1, -0.05) is 39.0 Å². The normalized spacial score (nSPS) is 11.5. The quantitative estimate of drug-likeness (QED) is 0.749. The lowest BCUT2D eigenvalue weighted by molar-refractivity contribution is -0.128. The van der Waals surface area contributed by atoms with Gasteiger partial charge < -0.3 is 20.7 Å². The van der Waals surface area contributed by atoms with Crippen LogP contribution < -0.4 is 16.0 Å². The van der Waals surface area contributed by atoms with Crippen molar-refractivity contribution >= 4 is 23.6 Å². The number of ether oxygens (including phenoxy) is 1. The van der Waals surface area contributed by atoms with E-state index in [4.69, 9.17) is 4.74 Å². The summed E-state index contributed by atoms with van der Waals surface area (Å²) in [6.07, 6.45) is -0.654. The minimum atomic E-state index is -0.654. The molecule has 0 unspecified atom stereocenters. The van der Waals surface area contributed by atoms with E-state index in [-0.39, 0.29) is 18.4 Å². The third-order valence-corrected chi connectivity index (χ3v) is 3.20. The van der Waals surface area contributed by atoms with E-state index in [1.807, 2.05) is 32.9 Å². The fraction of sp³-hybridized carbons (Fsp3) is 0.526. The number of nitrogens with one attached hydrogen (secondary N) is 3. The molecule has 0 radical (unpaired) electrons. The second-order valence-electron chi connectivity index (χ2n) is 7.99. The molecule has 1 rings (SSSR count). The van der Waals surface area contributed by atoms with Gasteiger partial charge in [0.1, 0.15) is 12.1 Å². The molecule has 0 saturated heterocycles. The molecule has 0 fully saturated rings. The van der Waals surface area contributed by atoms with Crippen LogP contribution in [0.3, 0.4) is 0 Å². The molecule has 3 amide bonds. The van der Waals surface area contributed by atoms with Crippen LogP contribution in [0.4, 0.5) is 10.5 Å². The number of hydrogen-bond acceptors (Lipinski definition) is 4. The summed E-state index contributed by atoms with van der Waals surface area (Å²) in [5.74, 6) is -0.462. The molecular weight excluding hydrogens is 334 g/mol. The second-order valence-corrected chi connectivity index (χ2v) is 7.99. The van der Waals surface area contributed by atoms with Crippen molar-refractivity contribution in [2.75, 3.05) is 11.9 Å². The van der Waals surface area contributed by atoms with Crippen molar-refractivity contribution in [2.24, 2.45) is 5.41 Å². The van der Waals surface area contributed by atoms with Crippen molar-refractivity contribution in [1.29, 1.82) is 0 Å². The molecule has 0 aliphatic rings. The molecule has 0 spiro atoms. The van der Waals surface area contributed by atoms with Crippen LogP contribution in [-0.2, 0) is 20.9 Å². The Hall–Kier alpha value is -2.57. The smallest absolute Gasteiger partial charge is 0.408 e. The van der Waals surface area contributed by atoms with E-state index >= 15 is 0 Å². The highest BCUT2D eigenvalue weighted by Gasteiger charge is 2.21. The highest BCUT2D eigenvalue weighted by atomic mass is 16.6. The predicted molar refractivity (Wildman–Crippen MR) is 101 cm³/mol. The Bertz CT molecular complexity index is 657. The monoisotopic (exact) mass is 363 g/mol. The molecule has 0 heterocycles. The molecule has 0 aliphatic heterocycles. The van der Waals surface area contributed by atoms with Crippen molar-refractivity contribution in [1.82, 2.24) is 10.6 Å². The summed E-state index contributed by atoms with van der Waals surface area (Å²) >= 11 is 0. The number of alkyl carbamates (subject to hydrolysis) is 1. The third-order valence-electron chi connectivity index (χ3n) is 3.20. The van der Waals surface area contributed by atoms with Crippen molar-refractivity contribution in [3.8, 4) is 0 Å². The van der Waals surface area contributed by atoms with Gasteiger partial charge >= 0.3 is 6.09 Å². The zero-order chi connectivity index (χ0) is 20.0. The lowest BCUT2D eigenvalue weighted by Gasteiger charge is -2.20. The average molecular weight is 363 g/mol. The topological polar surface area (TPSA) is 96.5 Å². The van der Waals surface area contributed by atoms with Crippen LogP contribution in [0.1, 0.15) is 47.1 Å². The third kappa shape index (κ3) is 8.00. The van der Waals surface area contributed by atoms with Gasteiger partial charge in [0.05, 0.1) is 0 Å². The van der Waals surface area contributed by atoms with Crippen LogP contribution in [0.5, 0.6) is 0 Å². The van der Waals surface area contributed by atoms with E-state index in [0.717, 1.165) is 5.56 Å². The van der Waals surface area contributed by atoms with Crippen LogP contribution in [-0.4, -0.2) is 30.1 Å². The number of benzene rings is 1. The van der Waals surface area contributed by atoms with Gasteiger partial charge in [-0.15, -0.1) is 0 Å². The first-order valence-corrected chi connectivity index (χ1v) is 8.51. The Balaban J connectivity index is 2.60. The van der Waals surface area contributed by atoms with Gasteiger partial charge in [0.15, 0.2) is 0 Å². The summed E-state index contributed by atoms with van der Waals surface area (Å²) in [5.41, 5.74) is 0.238. The van der Waals surface area contributed by atoms with Gasteiger partial charge in [-0.25, -0.2) is 4.79 Å². The Labute approximate surface area is 154 Å². The molecule has 0 aliphatic carbocycles. The second kappa shape index (κ2) is 8.69. The first-order valence-electron chi connectivity index (χ1n) is 8.51. The molecule has 7 heteroatoms. The Morgan fingerprint density at radius 3 is 2.15 bits per heavy atom. The Morgan fingerprint density at radius 1 is 0.962 bits per heavy atom. The largest absolute Gasteiger partial charge is 0.444 e.